The highest BCUT2D eigenvalue weighted by Crippen LogP contribution is 2.26. The van der Waals surface area contributed by atoms with Gasteiger partial charge in [-0.1, -0.05) is 66.7 Å². The van der Waals surface area contributed by atoms with Crippen LogP contribution in [-0.2, 0) is 32.6 Å². The molecule has 0 spiro atoms. The molecule has 0 aliphatic rings. The molecule has 4 aromatic rings. The van der Waals surface area contributed by atoms with Gasteiger partial charge in [0.15, 0.2) is 0 Å². The van der Waals surface area contributed by atoms with Crippen LogP contribution in [-0.4, -0.2) is 44.8 Å². The van der Waals surface area contributed by atoms with E-state index in [1.54, 1.807) is 48.5 Å². The van der Waals surface area contributed by atoms with Gasteiger partial charge in [0.05, 0.1) is 10.6 Å². The van der Waals surface area contributed by atoms with Crippen LogP contribution in [0.2, 0.25) is 0 Å². The van der Waals surface area contributed by atoms with Crippen LogP contribution in [0.1, 0.15) is 11.1 Å². The summed E-state index contributed by atoms with van der Waals surface area (Å²) >= 11 is 2.11. The van der Waals surface area contributed by atoms with Gasteiger partial charge in [-0.2, -0.15) is 0 Å². The van der Waals surface area contributed by atoms with Crippen LogP contribution in [0.15, 0.2) is 114 Å². The van der Waals surface area contributed by atoms with Crippen LogP contribution >= 0.6 is 22.6 Å². The molecule has 0 aromatic heterocycles. The normalized spacial score (nSPS) is 11.9. The van der Waals surface area contributed by atoms with Crippen molar-refractivity contribution < 1.29 is 22.4 Å². The van der Waals surface area contributed by atoms with Crippen molar-refractivity contribution in [2.75, 3.05) is 17.9 Å². The van der Waals surface area contributed by atoms with Gasteiger partial charge >= 0.3 is 0 Å². The lowest BCUT2D eigenvalue weighted by Crippen LogP contribution is -2.53. The van der Waals surface area contributed by atoms with E-state index in [4.69, 9.17) is 0 Å². The predicted octanol–water partition coefficient (Wildman–Crippen LogP) is 5.01. The second-order valence-electron chi connectivity index (χ2n) is 9.23. The Bertz CT molecular complexity index is 1590. The minimum atomic E-state index is -4.18. The lowest BCUT2D eigenvalue weighted by molar-refractivity contribution is -0.139. The van der Waals surface area contributed by atoms with Crippen molar-refractivity contribution in [2.45, 2.75) is 23.9 Å². The molecule has 1 atom stereocenters. The molecule has 0 radical (unpaired) electrons. The van der Waals surface area contributed by atoms with Crippen LogP contribution in [0, 0.1) is 9.39 Å². The summed E-state index contributed by atoms with van der Waals surface area (Å²) in [6, 6.07) is 28.7. The largest absolute Gasteiger partial charge is 0.357 e. The van der Waals surface area contributed by atoms with Crippen LogP contribution in [0.25, 0.3) is 0 Å². The summed E-state index contributed by atoms with van der Waals surface area (Å²) in [7, 11) is -2.72. The number of likely N-dealkylation sites (N-methyl/N-ethyl adjacent to an activating group) is 1. The molecule has 4 rings (SSSR count). The first-order chi connectivity index (χ1) is 19.7. The zero-order valence-corrected chi connectivity index (χ0v) is 25.3. The Labute approximate surface area is 253 Å². The van der Waals surface area contributed by atoms with E-state index in [0.29, 0.717) is 0 Å². The number of amides is 2. The number of sulfonamides is 1. The Morgan fingerprint density at radius 3 is 2.05 bits per heavy atom. The molecule has 0 fully saturated rings. The first kappa shape index (κ1) is 30.2. The third kappa shape index (κ3) is 7.50. The van der Waals surface area contributed by atoms with Gasteiger partial charge < -0.3 is 10.2 Å². The third-order valence-corrected chi connectivity index (χ3v) is 9.05. The highest BCUT2D eigenvalue weighted by molar-refractivity contribution is 14.1. The van der Waals surface area contributed by atoms with Gasteiger partial charge in [-0.05, 0) is 70.6 Å². The molecule has 4 aromatic carbocycles. The second-order valence-corrected chi connectivity index (χ2v) is 12.3. The van der Waals surface area contributed by atoms with Crippen molar-refractivity contribution in [3.63, 3.8) is 0 Å². The monoisotopic (exact) mass is 685 g/mol. The summed E-state index contributed by atoms with van der Waals surface area (Å²) in [4.78, 5) is 28.6. The fourth-order valence-corrected chi connectivity index (χ4v) is 6.18. The van der Waals surface area contributed by atoms with E-state index in [9.17, 15) is 22.4 Å². The van der Waals surface area contributed by atoms with Crippen molar-refractivity contribution in [3.05, 3.63) is 130 Å². The summed E-state index contributed by atoms with van der Waals surface area (Å²) in [5.74, 6) is -1.65. The maximum Gasteiger partial charge on any atom is 0.264 e. The maximum absolute atomic E-state index is 14.8. The Hall–Kier alpha value is -3.77. The smallest absolute Gasteiger partial charge is 0.264 e. The number of nitrogens with zero attached hydrogens (tertiary/aromatic N) is 2. The molecule has 0 bridgehead atoms. The van der Waals surface area contributed by atoms with Crippen molar-refractivity contribution >= 4 is 50.1 Å². The fourth-order valence-electron chi connectivity index (χ4n) is 4.39. The number of anilines is 1. The number of benzene rings is 4. The number of nitrogens with one attached hydrogen (secondary N) is 1. The molecule has 0 aliphatic carbocycles. The number of rotatable bonds is 11. The number of carbonyl (C=O) groups is 2. The maximum atomic E-state index is 14.8. The predicted molar refractivity (Wildman–Crippen MR) is 165 cm³/mol. The quantitative estimate of drug-likeness (QED) is 0.225. The van der Waals surface area contributed by atoms with E-state index in [2.05, 4.69) is 27.9 Å². The van der Waals surface area contributed by atoms with E-state index in [1.807, 2.05) is 30.3 Å². The molecule has 41 heavy (non-hydrogen) atoms. The average molecular weight is 686 g/mol. The van der Waals surface area contributed by atoms with Gasteiger partial charge in [0.1, 0.15) is 18.4 Å². The molecule has 7 nitrogen and oxygen atoms in total. The van der Waals surface area contributed by atoms with Gasteiger partial charge in [0.25, 0.3) is 10.0 Å². The van der Waals surface area contributed by atoms with E-state index >= 15 is 0 Å². The minimum Gasteiger partial charge on any atom is -0.357 e. The van der Waals surface area contributed by atoms with Crippen molar-refractivity contribution in [1.29, 1.82) is 0 Å². The summed E-state index contributed by atoms with van der Waals surface area (Å²) in [5.41, 5.74) is 1.28. The summed E-state index contributed by atoms with van der Waals surface area (Å²) in [5, 5.41) is 2.61. The number of hydrogen-bond donors (Lipinski definition) is 1. The standard InChI is InChI=1S/C31H29FIN3O4S/c1-34-31(38)29(20-23-10-4-2-5-11-23)35(21-24-12-8-9-15-28(24)32)30(37)22-36(26-18-16-25(33)17-19-26)41(39,40)27-13-6-3-7-14-27/h2-19,29H,20-22H2,1H3,(H,34,38)/t29-/m1/s1. The van der Waals surface area contributed by atoms with Crippen LogP contribution in [0.5, 0.6) is 0 Å². The van der Waals surface area contributed by atoms with Crippen molar-refractivity contribution in [1.82, 2.24) is 10.2 Å². The van der Waals surface area contributed by atoms with Crippen LogP contribution < -0.4 is 9.62 Å². The molecule has 0 saturated carbocycles. The van der Waals surface area contributed by atoms with Crippen molar-refractivity contribution in [2.24, 2.45) is 0 Å². The zero-order valence-electron chi connectivity index (χ0n) is 22.3. The Morgan fingerprint density at radius 2 is 1.44 bits per heavy atom. The van der Waals surface area contributed by atoms with Crippen molar-refractivity contribution in [3.8, 4) is 0 Å². The fraction of sp³-hybridized carbons (Fsp3) is 0.161. The van der Waals surface area contributed by atoms with E-state index in [1.165, 1.54) is 42.3 Å². The van der Waals surface area contributed by atoms with Crippen LogP contribution in [0.3, 0.4) is 0 Å². The summed E-state index contributed by atoms with van der Waals surface area (Å²) in [6.45, 7) is -0.836. The lowest BCUT2D eigenvalue weighted by Gasteiger charge is -2.33. The Morgan fingerprint density at radius 1 is 0.854 bits per heavy atom. The topological polar surface area (TPSA) is 86.8 Å². The molecule has 212 valence electrons. The molecule has 2 amide bonds. The SMILES string of the molecule is CNC(=O)[C@@H](Cc1ccccc1)N(Cc1ccccc1F)C(=O)CN(c1ccc(I)cc1)S(=O)(=O)c1ccccc1. The second kappa shape index (κ2) is 13.7. The minimum absolute atomic E-state index is 0.0131. The molecule has 0 saturated heterocycles. The number of carbonyl (C=O) groups excluding carboxylic acids is 2. The molecule has 0 aliphatic heterocycles. The van der Waals surface area contributed by atoms with Gasteiger partial charge in [-0.3, -0.25) is 13.9 Å². The van der Waals surface area contributed by atoms with Gasteiger partial charge in [-0.15, -0.1) is 0 Å². The van der Waals surface area contributed by atoms with Gasteiger partial charge in [0.2, 0.25) is 11.8 Å². The highest BCUT2D eigenvalue weighted by atomic mass is 127. The molecule has 1 N–H and O–H groups in total. The molecular weight excluding hydrogens is 656 g/mol. The van der Waals surface area contributed by atoms with Crippen LogP contribution in [0.4, 0.5) is 10.1 Å². The van der Waals surface area contributed by atoms with Gasteiger partial charge in [-0.25, -0.2) is 12.8 Å². The Kier molecular flexibility index (Phi) is 10.1. The first-order valence-corrected chi connectivity index (χ1v) is 15.3. The lowest BCUT2D eigenvalue weighted by atomic mass is 10.0. The molecular formula is C31H29FIN3O4S. The Balaban J connectivity index is 1.78. The first-order valence-electron chi connectivity index (χ1n) is 12.8. The zero-order chi connectivity index (χ0) is 29.4. The summed E-state index contributed by atoms with van der Waals surface area (Å²) < 4.78 is 44.4. The molecule has 10 heteroatoms. The number of hydrogen-bond acceptors (Lipinski definition) is 4. The van der Waals surface area contributed by atoms with E-state index < -0.39 is 40.2 Å². The summed E-state index contributed by atoms with van der Waals surface area (Å²) in [6.07, 6.45) is 0.148. The third-order valence-electron chi connectivity index (χ3n) is 6.54. The van der Waals surface area contributed by atoms with E-state index in [-0.39, 0.29) is 29.1 Å². The number of halogens is 2. The molecule has 0 unspecified atom stereocenters. The molecule has 0 heterocycles. The average Bonchev–Trinajstić information content (AvgIpc) is 2.99. The van der Waals surface area contributed by atoms with E-state index in [0.717, 1.165) is 13.4 Å². The van der Waals surface area contributed by atoms with Gasteiger partial charge in [0, 0.05) is 29.1 Å². The highest BCUT2D eigenvalue weighted by Gasteiger charge is 2.34.